The summed E-state index contributed by atoms with van der Waals surface area (Å²) in [7, 11) is -4.20. The van der Waals surface area contributed by atoms with Crippen LogP contribution in [0.3, 0.4) is 0 Å². The van der Waals surface area contributed by atoms with Crippen molar-refractivity contribution in [3.05, 3.63) is 47.7 Å². The minimum atomic E-state index is -3.59. The van der Waals surface area contributed by atoms with Gasteiger partial charge in [-0.2, -0.15) is 0 Å². The molecule has 0 saturated carbocycles. The van der Waals surface area contributed by atoms with Crippen LogP contribution in [0.25, 0.3) is 0 Å². The van der Waals surface area contributed by atoms with E-state index in [4.69, 9.17) is 4.42 Å². The van der Waals surface area contributed by atoms with Gasteiger partial charge in [0.1, 0.15) is 5.76 Å². The Morgan fingerprint density at radius 2 is 1.80 bits per heavy atom. The molecule has 0 amide bonds. The molecule has 166 valence electrons. The van der Waals surface area contributed by atoms with Crippen molar-refractivity contribution in [1.29, 1.82) is 0 Å². The van der Waals surface area contributed by atoms with E-state index in [0.29, 0.717) is 25.4 Å². The number of sulfonamides is 2. The SMILES string of the molecule is Cc1ccc(S(=O)(=O)NCC2CCCN(Cc3ccc(S(=O)(=O)N(C)C)o3)C2)cc1. The average molecular weight is 456 g/mol. The quantitative estimate of drug-likeness (QED) is 0.654. The Kier molecular flexibility index (Phi) is 7.03. The normalized spacial score (nSPS) is 18.7. The van der Waals surface area contributed by atoms with Crippen LogP contribution >= 0.6 is 0 Å². The van der Waals surface area contributed by atoms with Crippen molar-refractivity contribution in [2.45, 2.75) is 36.3 Å². The van der Waals surface area contributed by atoms with E-state index in [-0.39, 0.29) is 15.9 Å². The molecular formula is C20H29N3O5S2. The highest BCUT2D eigenvalue weighted by molar-refractivity contribution is 7.89. The Morgan fingerprint density at radius 3 is 2.47 bits per heavy atom. The summed E-state index contributed by atoms with van der Waals surface area (Å²) < 4.78 is 58.7. The lowest BCUT2D eigenvalue weighted by Crippen LogP contribution is -2.40. The molecule has 10 heteroatoms. The lowest BCUT2D eigenvalue weighted by atomic mass is 9.98. The molecule has 1 unspecified atom stereocenters. The van der Waals surface area contributed by atoms with Gasteiger partial charge >= 0.3 is 0 Å². The zero-order valence-corrected chi connectivity index (χ0v) is 19.2. The lowest BCUT2D eigenvalue weighted by Gasteiger charge is -2.32. The molecule has 1 fully saturated rings. The van der Waals surface area contributed by atoms with Gasteiger partial charge in [-0.05, 0) is 56.5 Å². The maximum atomic E-state index is 12.5. The third-order valence-corrected chi connectivity index (χ3v) is 8.38. The predicted octanol–water partition coefficient (Wildman–Crippen LogP) is 2.03. The number of furan rings is 1. The minimum absolute atomic E-state index is 0.0677. The second kappa shape index (κ2) is 9.19. The summed E-state index contributed by atoms with van der Waals surface area (Å²) in [5, 5.41) is -0.0677. The van der Waals surface area contributed by atoms with E-state index < -0.39 is 20.0 Å². The number of rotatable bonds is 8. The Hall–Kier alpha value is -1.72. The van der Waals surface area contributed by atoms with Crippen molar-refractivity contribution < 1.29 is 21.3 Å². The van der Waals surface area contributed by atoms with Gasteiger partial charge in [0.2, 0.25) is 15.1 Å². The zero-order chi connectivity index (χ0) is 21.9. The summed E-state index contributed by atoms with van der Waals surface area (Å²) in [4.78, 5) is 2.44. The predicted molar refractivity (Wildman–Crippen MR) is 114 cm³/mol. The summed E-state index contributed by atoms with van der Waals surface area (Å²) in [6, 6.07) is 9.94. The molecule has 0 bridgehead atoms. The molecule has 1 aliphatic heterocycles. The van der Waals surface area contributed by atoms with Crippen LogP contribution in [0.15, 0.2) is 50.8 Å². The summed E-state index contributed by atoms with van der Waals surface area (Å²) in [6.07, 6.45) is 1.88. The Morgan fingerprint density at radius 1 is 1.10 bits per heavy atom. The third kappa shape index (κ3) is 5.50. The molecule has 1 N–H and O–H groups in total. The molecule has 1 aromatic carbocycles. The molecule has 1 saturated heterocycles. The van der Waals surface area contributed by atoms with E-state index in [0.717, 1.165) is 29.3 Å². The van der Waals surface area contributed by atoms with Crippen LogP contribution in [0.5, 0.6) is 0 Å². The molecule has 2 aromatic rings. The average Bonchev–Trinajstić information content (AvgIpc) is 3.16. The summed E-state index contributed by atoms with van der Waals surface area (Å²) in [6.45, 7) is 4.35. The van der Waals surface area contributed by atoms with Gasteiger partial charge in [0.05, 0.1) is 11.4 Å². The first kappa shape index (κ1) is 23.0. The smallest absolute Gasteiger partial charge is 0.275 e. The zero-order valence-electron chi connectivity index (χ0n) is 17.5. The number of nitrogens with zero attached hydrogens (tertiary/aromatic N) is 2. The van der Waals surface area contributed by atoms with Crippen molar-refractivity contribution in [2.24, 2.45) is 5.92 Å². The van der Waals surface area contributed by atoms with E-state index in [9.17, 15) is 16.8 Å². The number of nitrogens with one attached hydrogen (secondary N) is 1. The van der Waals surface area contributed by atoms with Crippen LogP contribution in [0, 0.1) is 12.8 Å². The van der Waals surface area contributed by atoms with Crippen LogP contribution in [-0.2, 0) is 26.6 Å². The van der Waals surface area contributed by atoms with Crippen LogP contribution in [0.4, 0.5) is 0 Å². The lowest BCUT2D eigenvalue weighted by molar-refractivity contribution is 0.155. The van der Waals surface area contributed by atoms with E-state index in [1.54, 1.807) is 30.3 Å². The summed E-state index contributed by atoms with van der Waals surface area (Å²) in [5.74, 6) is 0.759. The second-order valence-corrected chi connectivity index (χ2v) is 11.8. The van der Waals surface area contributed by atoms with Crippen LogP contribution < -0.4 is 4.72 Å². The molecule has 1 aliphatic rings. The topological polar surface area (TPSA) is 99.9 Å². The summed E-state index contributed by atoms with van der Waals surface area (Å²) in [5.41, 5.74) is 1.01. The fourth-order valence-electron chi connectivity index (χ4n) is 3.47. The number of aryl methyl sites for hydroxylation is 1. The number of likely N-dealkylation sites (tertiary alicyclic amines) is 1. The van der Waals surface area contributed by atoms with Gasteiger partial charge in [-0.3, -0.25) is 4.90 Å². The molecule has 0 radical (unpaired) electrons. The number of hydrogen-bond donors (Lipinski definition) is 1. The third-order valence-electron chi connectivity index (χ3n) is 5.25. The molecule has 0 spiro atoms. The molecule has 1 aromatic heterocycles. The van der Waals surface area contributed by atoms with Crippen molar-refractivity contribution in [2.75, 3.05) is 33.7 Å². The van der Waals surface area contributed by atoms with Gasteiger partial charge in [0, 0.05) is 27.2 Å². The first-order valence-electron chi connectivity index (χ1n) is 9.88. The number of benzene rings is 1. The van der Waals surface area contributed by atoms with Crippen molar-refractivity contribution in [3.8, 4) is 0 Å². The highest BCUT2D eigenvalue weighted by Crippen LogP contribution is 2.22. The molecule has 2 heterocycles. The fourth-order valence-corrected chi connectivity index (χ4v) is 5.40. The van der Waals surface area contributed by atoms with Crippen LogP contribution in [-0.4, -0.2) is 59.8 Å². The molecule has 1 atom stereocenters. The molecule has 3 rings (SSSR count). The highest BCUT2D eigenvalue weighted by Gasteiger charge is 2.25. The summed E-state index contributed by atoms with van der Waals surface area (Å²) >= 11 is 0. The van der Waals surface area contributed by atoms with Gasteiger partial charge in [0.15, 0.2) is 0 Å². The maximum absolute atomic E-state index is 12.5. The fraction of sp³-hybridized carbons (Fsp3) is 0.500. The Bertz CT molecular complexity index is 1060. The van der Waals surface area contributed by atoms with Crippen molar-refractivity contribution in [3.63, 3.8) is 0 Å². The number of piperidine rings is 1. The van der Waals surface area contributed by atoms with Crippen molar-refractivity contribution >= 4 is 20.0 Å². The van der Waals surface area contributed by atoms with Crippen LogP contribution in [0.2, 0.25) is 0 Å². The standard InChI is InChI=1S/C20H29N3O5S2/c1-16-6-9-19(10-7-16)29(24,25)21-13-17-5-4-12-23(14-17)15-18-8-11-20(28-18)30(26,27)22(2)3/h6-11,17,21H,4-5,12-15H2,1-3H3. The maximum Gasteiger partial charge on any atom is 0.275 e. The monoisotopic (exact) mass is 455 g/mol. The van der Waals surface area contributed by atoms with Gasteiger partial charge in [0.25, 0.3) is 10.0 Å². The molecule has 8 nitrogen and oxygen atoms in total. The van der Waals surface area contributed by atoms with E-state index in [1.807, 2.05) is 6.92 Å². The first-order chi connectivity index (χ1) is 14.1. The largest absolute Gasteiger partial charge is 0.447 e. The van der Waals surface area contributed by atoms with E-state index >= 15 is 0 Å². The van der Waals surface area contributed by atoms with E-state index in [1.165, 1.54) is 20.2 Å². The second-order valence-electron chi connectivity index (χ2n) is 7.92. The first-order valence-corrected chi connectivity index (χ1v) is 12.8. The van der Waals surface area contributed by atoms with Gasteiger partial charge in [-0.15, -0.1) is 0 Å². The Balaban J connectivity index is 1.57. The number of hydrogen-bond acceptors (Lipinski definition) is 6. The molecule has 30 heavy (non-hydrogen) atoms. The Labute approximate surface area is 179 Å². The highest BCUT2D eigenvalue weighted by atomic mass is 32.2. The minimum Gasteiger partial charge on any atom is -0.447 e. The van der Waals surface area contributed by atoms with E-state index in [2.05, 4.69) is 9.62 Å². The van der Waals surface area contributed by atoms with Gasteiger partial charge in [-0.25, -0.2) is 25.9 Å². The van der Waals surface area contributed by atoms with Crippen LogP contribution in [0.1, 0.15) is 24.2 Å². The molecular weight excluding hydrogens is 426 g/mol. The van der Waals surface area contributed by atoms with Gasteiger partial charge in [-0.1, -0.05) is 17.7 Å². The van der Waals surface area contributed by atoms with Gasteiger partial charge < -0.3 is 4.42 Å². The molecule has 0 aliphatic carbocycles. The van der Waals surface area contributed by atoms with Crippen molar-refractivity contribution in [1.82, 2.24) is 13.9 Å².